The Balaban J connectivity index is 1.57. The lowest BCUT2D eigenvalue weighted by Crippen LogP contribution is -2.16. The first kappa shape index (κ1) is 18.7. The molecule has 0 bridgehead atoms. The maximum atomic E-state index is 13.9. The van der Waals surface area contributed by atoms with Gasteiger partial charge in [-0.15, -0.1) is 0 Å². The number of hydrogen-bond acceptors (Lipinski definition) is 3. The van der Waals surface area contributed by atoms with Gasteiger partial charge in [0.1, 0.15) is 18.2 Å². The van der Waals surface area contributed by atoms with Gasteiger partial charge in [-0.3, -0.25) is 0 Å². The topological polar surface area (TPSA) is 30.5 Å². The summed E-state index contributed by atoms with van der Waals surface area (Å²) in [4.78, 5) is 0. The molecule has 0 aliphatic carbocycles. The maximum absolute atomic E-state index is 13.9. The average molecular weight is 377 g/mol. The van der Waals surface area contributed by atoms with Crippen LogP contribution in [0, 0.1) is 5.82 Å². The molecular weight excluding hydrogens is 353 g/mol. The van der Waals surface area contributed by atoms with Gasteiger partial charge in [0.15, 0.2) is 0 Å². The highest BCUT2D eigenvalue weighted by molar-refractivity contribution is 5.73. The van der Waals surface area contributed by atoms with E-state index in [1.54, 1.807) is 6.07 Å². The third kappa shape index (κ3) is 4.58. The monoisotopic (exact) mass is 377 g/mol. The quantitative estimate of drug-likeness (QED) is 0.632. The number of halogens is 1. The van der Waals surface area contributed by atoms with E-state index in [9.17, 15) is 4.39 Å². The van der Waals surface area contributed by atoms with Crippen molar-refractivity contribution in [3.05, 3.63) is 89.7 Å². The van der Waals surface area contributed by atoms with Gasteiger partial charge in [0.2, 0.25) is 0 Å². The third-order valence-corrected chi connectivity index (χ3v) is 4.97. The van der Waals surface area contributed by atoms with Crippen molar-refractivity contribution < 1.29 is 13.9 Å². The van der Waals surface area contributed by atoms with Crippen molar-refractivity contribution in [3.63, 3.8) is 0 Å². The second-order valence-electron chi connectivity index (χ2n) is 7.00. The standard InChI is InChI=1S/C24H24FNO2/c25-20-10-11-22(19(14-20)17-27-21-12-13-26-15-21)23-8-4-5-9-24(23)28-16-18-6-2-1-3-7-18/h1-11,14,21,26H,12-13,15-17H2/t21-/m0/s1. The van der Waals surface area contributed by atoms with Gasteiger partial charge in [0, 0.05) is 12.1 Å². The van der Waals surface area contributed by atoms with Crippen LogP contribution in [0.3, 0.4) is 0 Å². The number of para-hydroxylation sites is 1. The van der Waals surface area contributed by atoms with Gasteiger partial charge in [-0.2, -0.15) is 0 Å². The van der Waals surface area contributed by atoms with E-state index in [0.29, 0.717) is 13.2 Å². The van der Waals surface area contributed by atoms with E-state index in [4.69, 9.17) is 9.47 Å². The summed E-state index contributed by atoms with van der Waals surface area (Å²) >= 11 is 0. The smallest absolute Gasteiger partial charge is 0.127 e. The molecule has 1 N–H and O–H groups in total. The number of nitrogens with one attached hydrogen (secondary N) is 1. The van der Waals surface area contributed by atoms with Crippen molar-refractivity contribution in [2.24, 2.45) is 0 Å². The minimum Gasteiger partial charge on any atom is -0.488 e. The SMILES string of the molecule is Fc1ccc(-c2ccccc2OCc2ccccc2)c(CO[C@H]2CCNC2)c1. The largest absolute Gasteiger partial charge is 0.488 e. The van der Waals surface area contributed by atoms with E-state index in [1.165, 1.54) is 6.07 Å². The first-order valence-corrected chi connectivity index (χ1v) is 9.66. The zero-order valence-corrected chi connectivity index (χ0v) is 15.7. The molecule has 3 aromatic carbocycles. The van der Waals surface area contributed by atoms with Crippen LogP contribution in [0.25, 0.3) is 11.1 Å². The molecule has 28 heavy (non-hydrogen) atoms. The molecule has 1 heterocycles. The highest BCUT2D eigenvalue weighted by atomic mass is 19.1. The first-order chi connectivity index (χ1) is 13.8. The summed E-state index contributed by atoms with van der Waals surface area (Å²) in [5.41, 5.74) is 3.83. The summed E-state index contributed by atoms with van der Waals surface area (Å²) in [7, 11) is 0. The maximum Gasteiger partial charge on any atom is 0.127 e. The molecule has 144 valence electrons. The van der Waals surface area contributed by atoms with Crippen molar-refractivity contribution in [1.82, 2.24) is 5.32 Å². The van der Waals surface area contributed by atoms with Gasteiger partial charge in [-0.05, 0) is 47.9 Å². The summed E-state index contributed by atoms with van der Waals surface area (Å²) in [5.74, 6) is 0.524. The fraction of sp³-hybridized carbons (Fsp3) is 0.250. The van der Waals surface area contributed by atoms with Gasteiger partial charge in [-0.1, -0.05) is 54.6 Å². The fourth-order valence-corrected chi connectivity index (χ4v) is 3.47. The number of rotatable bonds is 7. The molecule has 0 amide bonds. The van der Waals surface area contributed by atoms with Crippen molar-refractivity contribution in [2.75, 3.05) is 13.1 Å². The van der Waals surface area contributed by atoms with Crippen LogP contribution in [0.15, 0.2) is 72.8 Å². The van der Waals surface area contributed by atoms with E-state index >= 15 is 0 Å². The van der Waals surface area contributed by atoms with Crippen LogP contribution < -0.4 is 10.1 Å². The van der Waals surface area contributed by atoms with Crippen LogP contribution in [-0.2, 0) is 18.0 Å². The Bertz CT molecular complexity index is 907. The molecule has 1 saturated heterocycles. The zero-order valence-electron chi connectivity index (χ0n) is 15.7. The van der Waals surface area contributed by atoms with Gasteiger partial charge >= 0.3 is 0 Å². The lowest BCUT2D eigenvalue weighted by molar-refractivity contribution is 0.0543. The van der Waals surface area contributed by atoms with Crippen molar-refractivity contribution in [3.8, 4) is 16.9 Å². The Kier molecular flexibility index (Phi) is 6.00. The molecule has 0 spiro atoms. The molecule has 0 radical (unpaired) electrons. The van der Waals surface area contributed by atoms with Gasteiger partial charge in [0.05, 0.1) is 12.7 Å². The van der Waals surface area contributed by atoms with Crippen molar-refractivity contribution in [1.29, 1.82) is 0 Å². The Morgan fingerprint density at radius 2 is 1.71 bits per heavy atom. The number of benzene rings is 3. The van der Waals surface area contributed by atoms with E-state index in [-0.39, 0.29) is 11.9 Å². The van der Waals surface area contributed by atoms with Crippen LogP contribution in [0.2, 0.25) is 0 Å². The first-order valence-electron chi connectivity index (χ1n) is 9.66. The molecule has 1 aliphatic heterocycles. The Labute approximate surface area is 165 Å². The Morgan fingerprint density at radius 1 is 0.893 bits per heavy atom. The predicted octanol–water partition coefficient (Wildman–Crippen LogP) is 4.95. The second kappa shape index (κ2) is 9.00. The Hall–Kier alpha value is -2.69. The molecule has 3 aromatic rings. The summed E-state index contributed by atoms with van der Waals surface area (Å²) in [5, 5.41) is 3.29. The Morgan fingerprint density at radius 3 is 2.54 bits per heavy atom. The average Bonchev–Trinajstić information content (AvgIpc) is 3.26. The van der Waals surface area contributed by atoms with Crippen LogP contribution in [0.4, 0.5) is 4.39 Å². The summed E-state index contributed by atoms with van der Waals surface area (Å²) in [6.45, 7) is 2.68. The minimum absolute atomic E-state index is 0.181. The number of hydrogen-bond donors (Lipinski definition) is 1. The van der Waals surface area contributed by atoms with Crippen molar-refractivity contribution >= 4 is 0 Å². The minimum atomic E-state index is -0.255. The summed E-state index contributed by atoms with van der Waals surface area (Å²) < 4.78 is 26.0. The lowest BCUT2D eigenvalue weighted by atomic mass is 9.99. The van der Waals surface area contributed by atoms with Crippen LogP contribution in [-0.4, -0.2) is 19.2 Å². The summed E-state index contributed by atoms with van der Waals surface area (Å²) in [6.07, 6.45) is 1.17. The number of ether oxygens (including phenoxy) is 2. The van der Waals surface area contributed by atoms with Crippen LogP contribution >= 0.6 is 0 Å². The molecule has 1 fully saturated rings. The zero-order chi connectivity index (χ0) is 19.2. The third-order valence-electron chi connectivity index (χ3n) is 4.97. The van der Waals surface area contributed by atoms with Crippen molar-refractivity contribution in [2.45, 2.75) is 25.7 Å². The highest BCUT2D eigenvalue weighted by Gasteiger charge is 2.17. The molecule has 1 atom stereocenters. The second-order valence-corrected chi connectivity index (χ2v) is 7.00. The fourth-order valence-electron chi connectivity index (χ4n) is 3.47. The molecule has 4 heteroatoms. The summed E-state index contributed by atoms with van der Waals surface area (Å²) in [6, 6.07) is 22.8. The van der Waals surface area contributed by atoms with E-state index in [1.807, 2.05) is 60.7 Å². The van der Waals surface area contributed by atoms with E-state index in [2.05, 4.69) is 5.32 Å². The van der Waals surface area contributed by atoms with Gasteiger partial charge < -0.3 is 14.8 Å². The van der Waals surface area contributed by atoms with E-state index in [0.717, 1.165) is 47.5 Å². The molecule has 0 saturated carbocycles. The molecular formula is C24H24FNO2. The normalized spacial score (nSPS) is 16.2. The molecule has 1 aliphatic rings. The molecule has 3 nitrogen and oxygen atoms in total. The molecule has 0 unspecified atom stereocenters. The highest BCUT2D eigenvalue weighted by Crippen LogP contribution is 2.34. The van der Waals surface area contributed by atoms with Crippen LogP contribution in [0.1, 0.15) is 17.5 Å². The van der Waals surface area contributed by atoms with Crippen LogP contribution in [0.5, 0.6) is 5.75 Å². The lowest BCUT2D eigenvalue weighted by Gasteiger charge is -2.17. The predicted molar refractivity (Wildman–Crippen MR) is 109 cm³/mol. The molecule has 0 aromatic heterocycles. The van der Waals surface area contributed by atoms with Gasteiger partial charge in [0.25, 0.3) is 0 Å². The van der Waals surface area contributed by atoms with Gasteiger partial charge in [-0.25, -0.2) is 4.39 Å². The molecule has 4 rings (SSSR count). The van der Waals surface area contributed by atoms with E-state index < -0.39 is 0 Å².